The number of thiazole rings is 1. The minimum absolute atomic E-state index is 0.111. The summed E-state index contributed by atoms with van der Waals surface area (Å²) >= 11 is 1.57. The Bertz CT molecular complexity index is 810. The maximum atomic E-state index is 11.9. The molecule has 0 spiro atoms. The second kappa shape index (κ2) is 8.62. The number of nitrogens with zero attached hydrogens (tertiary/aromatic N) is 3. The monoisotopic (exact) mass is 358 g/mol. The predicted octanol–water partition coefficient (Wildman–Crippen LogP) is 2.87. The standard InChI is InChI=1S/C18H22N4O2S/c1-24-16-8-6-14(7-9-16)4-2-3-5-17(23)19-11-10-15-12-25-18-20-13-21-22(15)18/h6-9,12-13H,2-5,10-11H2,1H3,(H,19,23). The lowest BCUT2D eigenvalue weighted by Gasteiger charge is -2.05. The van der Waals surface area contributed by atoms with E-state index in [-0.39, 0.29) is 5.91 Å². The summed E-state index contributed by atoms with van der Waals surface area (Å²) in [7, 11) is 1.67. The number of ether oxygens (including phenoxy) is 1. The van der Waals surface area contributed by atoms with Gasteiger partial charge in [0.1, 0.15) is 12.1 Å². The van der Waals surface area contributed by atoms with Crippen molar-refractivity contribution in [3.8, 4) is 5.75 Å². The van der Waals surface area contributed by atoms with Gasteiger partial charge >= 0.3 is 0 Å². The minimum atomic E-state index is 0.111. The molecule has 0 bridgehead atoms. The molecule has 0 atom stereocenters. The summed E-state index contributed by atoms with van der Waals surface area (Å²) in [6.07, 6.45) is 5.76. The number of amides is 1. The van der Waals surface area contributed by atoms with E-state index in [0.29, 0.717) is 13.0 Å². The van der Waals surface area contributed by atoms with Crippen molar-refractivity contribution in [2.75, 3.05) is 13.7 Å². The molecule has 25 heavy (non-hydrogen) atoms. The van der Waals surface area contributed by atoms with Crippen molar-refractivity contribution in [1.82, 2.24) is 19.9 Å². The molecule has 0 unspecified atom stereocenters. The van der Waals surface area contributed by atoms with Crippen molar-refractivity contribution in [3.05, 3.63) is 47.2 Å². The van der Waals surface area contributed by atoms with E-state index in [1.54, 1.807) is 24.8 Å². The summed E-state index contributed by atoms with van der Waals surface area (Å²) < 4.78 is 6.97. The molecule has 3 aromatic rings. The molecule has 2 aromatic heterocycles. The first kappa shape index (κ1) is 17.4. The van der Waals surface area contributed by atoms with Gasteiger partial charge in [-0.05, 0) is 37.0 Å². The van der Waals surface area contributed by atoms with Crippen LogP contribution in [-0.4, -0.2) is 34.2 Å². The topological polar surface area (TPSA) is 68.5 Å². The van der Waals surface area contributed by atoms with Crippen LogP contribution in [0.2, 0.25) is 0 Å². The van der Waals surface area contributed by atoms with E-state index < -0.39 is 0 Å². The third-order valence-corrected chi connectivity index (χ3v) is 4.95. The molecule has 0 aliphatic carbocycles. The van der Waals surface area contributed by atoms with Crippen molar-refractivity contribution in [1.29, 1.82) is 0 Å². The van der Waals surface area contributed by atoms with Gasteiger partial charge in [0.2, 0.25) is 10.9 Å². The number of carbonyl (C=O) groups excluding carboxylic acids is 1. The van der Waals surface area contributed by atoms with Crippen LogP contribution in [0.4, 0.5) is 0 Å². The Labute approximate surface area is 150 Å². The van der Waals surface area contributed by atoms with Crippen molar-refractivity contribution < 1.29 is 9.53 Å². The quantitative estimate of drug-likeness (QED) is 0.597. The predicted molar refractivity (Wildman–Crippen MR) is 98.1 cm³/mol. The fourth-order valence-corrected chi connectivity index (χ4v) is 3.50. The summed E-state index contributed by atoms with van der Waals surface area (Å²) in [6.45, 7) is 0.628. The molecule has 3 rings (SSSR count). The van der Waals surface area contributed by atoms with Crippen LogP contribution in [0, 0.1) is 0 Å². The van der Waals surface area contributed by atoms with Gasteiger partial charge in [0, 0.05) is 24.8 Å². The van der Waals surface area contributed by atoms with Crippen molar-refractivity contribution in [3.63, 3.8) is 0 Å². The second-order valence-electron chi connectivity index (χ2n) is 5.84. The number of methoxy groups -OCH3 is 1. The molecule has 0 aliphatic rings. The third kappa shape index (κ3) is 4.79. The molecule has 1 aromatic carbocycles. The van der Waals surface area contributed by atoms with Crippen LogP contribution in [0.25, 0.3) is 4.96 Å². The zero-order valence-electron chi connectivity index (χ0n) is 14.3. The Morgan fingerprint density at radius 2 is 2.08 bits per heavy atom. The summed E-state index contributed by atoms with van der Waals surface area (Å²) in [5.74, 6) is 0.983. The van der Waals surface area contributed by atoms with Gasteiger partial charge in [-0.15, -0.1) is 11.3 Å². The first-order chi connectivity index (χ1) is 12.3. The zero-order valence-corrected chi connectivity index (χ0v) is 15.1. The molecular weight excluding hydrogens is 336 g/mol. The number of hydrogen-bond acceptors (Lipinski definition) is 5. The molecule has 0 saturated heterocycles. The highest BCUT2D eigenvalue weighted by molar-refractivity contribution is 7.15. The van der Waals surface area contributed by atoms with Gasteiger partial charge in [0.15, 0.2) is 0 Å². The lowest BCUT2D eigenvalue weighted by atomic mass is 10.1. The molecule has 7 heteroatoms. The zero-order chi connectivity index (χ0) is 17.5. The first-order valence-corrected chi connectivity index (χ1v) is 9.30. The smallest absolute Gasteiger partial charge is 0.220 e. The van der Waals surface area contributed by atoms with Crippen molar-refractivity contribution >= 4 is 22.2 Å². The van der Waals surface area contributed by atoms with E-state index in [2.05, 4.69) is 27.5 Å². The van der Waals surface area contributed by atoms with Gasteiger partial charge in [-0.25, -0.2) is 9.50 Å². The van der Waals surface area contributed by atoms with E-state index >= 15 is 0 Å². The van der Waals surface area contributed by atoms with Gasteiger partial charge in [0.05, 0.1) is 12.8 Å². The van der Waals surface area contributed by atoms with E-state index in [4.69, 9.17) is 4.74 Å². The van der Waals surface area contributed by atoms with Gasteiger partial charge in [0.25, 0.3) is 0 Å². The minimum Gasteiger partial charge on any atom is -0.497 e. The van der Waals surface area contributed by atoms with Gasteiger partial charge in [-0.3, -0.25) is 4.79 Å². The second-order valence-corrected chi connectivity index (χ2v) is 6.67. The number of benzene rings is 1. The molecule has 132 valence electrons. The molecule has 2 heterocycles. The Morgan fingerprint density at radius 1 is 1.24 bits per heavy atom. The SMILES string of the molecule is COc1ccc(CCCCC(=O)NCCc2csc3ncnn23)cc1. The molecule has 1 N–H and O–H groups in total. The van der Waals surface area contributed by atoms with Gasteiger partial charge in [-0.2, -0.15) is 5.10 Å². The van der Waals surface area contributed by atoms with Crippen LogP contribution < -0.4 is 10.1 Å². The summed E-state index contributed by atoms with van der Waals surface area (Å²) in [4.78, 5) is 17.0. The fourth-order valence-electron chi connectivity index (χ4n) is 2.67. The molecule has 0 fully saturated rings. The Kier molecular flexibility index (Phi) is 6.00. The van der Waals surface area contributed by atoms with Crippen LogP contribution in [0.1, 0.15) is 30.5 Å². The number of rotatable bonds is 9. The number of hydrogen-bond donors (Lipinski definition) is 1. The number of aromatic nitrogens is 3. The van der Waals surface area contributed by atoms with E-state index in [1.807, 2.05) is 22.0 Å². The largest absolute Gasteiger partial charge is 0.497 e. The number of unbranched alkanes of at least 4 members (excludes halogenated alkanes) is 1. The fraction of sp³-hybridized carbons (Fsp3) is 0.389. The van der Waals surface area contributed by atoms with Crippen molar-refractivity contribution in [2.24, 2.45) is 0 Å². The Morgan fingerprint density at radius 3 is 2.88 bits per heavy atom. The van der Waals surface area contributed by atoms with E-state index in [0.717, 1.165) is 42.1 Å². The van der Waals surface area contributed by atoms with Gasteiger partial charge < -0.3 is 10.1 Å². The maximum Gasteiger partial charge on any atom is 0.220 e. The Balaban J connectivity index is 1.31. The van der Waals surface area contributed by atoms with Crippen LogP contribution in [-0.2, 0) is 17.6 Å². The van der Waals surface area contributed by atoms with Crippen LogP contribution in [0.3, 0.4) is 0 Å². The summed E-state index contributed by atoms with van der Waals surface area (Å²) in [5.41, 5.74) is 2.35. The maximum absolute atomic E-state index is 11.9. The van der Waals surface area contributed by atoms with Crippen LogP contribution >= 0.6 is 11.3 Å². The highest BCUT2D eigenvalue weighted by Gasteiger charge is 2.06. The number of nitrogens with one attached hydrogen (secondary N) is 1. The van der Waals surface area contributed by atoms with Crippen LogP contribution in [0.15, 0.2) is 36.0 Å². The van der Waals surface area contributed by atoms with Gasteiger partial charge in [-0.1, -0.05) is 12.1 Å². The number of carbonyl (C=O) groups is 1. The summed E-state index contributed by atoms with van der Waals surface area (Å²) in [6, 6.07) is 8.09. The molecular formula is C18H22N4O2S. The van der Waals surface area contributed by atoms with Crippen LogP contribution in [0.5, 0.6) is 5.75 Å². The van der Waals surface area contributed by atoms with E-state index in [9.17, 15) is 4.79 Å². The lowest BCUT2D eigenvalue weighted by Crippen LogP contribution is -2.25. The average Bonchev–Trinajstić information content (AvgIpc) is 3.24. The molecule has 0 radical (unpaired) electrons. The first-order valence-electron chi connectivity index (χ1n) is 8.42. The Hall–Kier alpha value is -2.41. The molecule has 6 nitrogen and oxygen atoms in total. The highest BCUT2D eigenvalue weighted by atomic mass is 32.1. The molecule has 0 aliphatic heterocycles. The highest BCUT2D eigenvalue weighted by Crippen LogP contribution is 2.14. The number of fused-ring (bicyclic) bond motifs is 1. The lowest BCUT2D eigenvalue weighted by molar-refractivity contribution is -0.121. The summed E-state index contributed by atoms with van der Waals surface area (Å²) in [5, 5.41) is 9.19. The third-order valence-electron chi connectivity index (χ3n) is 4.07. The number of aryl methyl sites for hydroxylation is 1. The average molecular weight is 358 g/mol. The normalized spacial score (nSPS) is 10.9. The molecule has 0 saturated carbocycles. The molecule has 1 amide bonds. The van der Waals surface area contributed by atoms with E-state index in [1.165, 1.54) is 5.56 Å². The van der Waals surface area contributed by atoms with Crippen molar-refractivity contribution in [2.45, 2.75) is 32.1 Å².